The van der Waals surface area contributed by atoms with Crippen molar-refractivity contribution in [2.45, 2.75) is 6.61 Å². The molecule has 0 saturated heterocycles. The van der Waals surface area contributed by atoms with Gasteiger partial charge in [-0.1, -0.05) is 65.8 Å². The maximum absolute atomic E-state index is 11.8. The van der Waals surface area contributed by atoms with Gasteiger partial charge >= 0.3 is 0 Å². The smallest absolute Gasteiger partial charge is 0.265 e. The monoisotopic (exact) mass is 410 g/mol. The van der Waals surface area contributed by atoms with Gasteiger partial charge in [0.2, 0.25) is 0 Å². The summed E-state index contributed by atoms with van der Waals surface area (Å²) in [5.74, 6) is 0.508. The molecule has 0 aliphatic rings. The van der Waals surface area contributed by atoms with Crippen LogP contribution in [0.3, 0.4) is 0 Å². The molecular formula is C26H22N2O3. The number of nitrogens with one attached hydrogen (secondary N) is 1. The molecule has 0 aromatic heterocycles. The molecule has 31 heavy (non-hydrogen) atoms. The molecule has 5 heteroatoms. The Labute approximate surface area is 180 Å². The molecule has 154 valence electrons. The summed E-state index contributed by atoms with van der Waals surface area (Å²) in [6.45, 7) is 0.339. The van der Waals surface area contributed by atoms with Gasteiger partial charge in [-0.2, -0.15) is 0 Å². The van der Waals surface area contributed by atoms with E-state index in [1.165, 1.54) is 10.8 Å². The van der Waals surface area contributed by atoms with Crippen molar-refractivity contribution in [1.29, 1.82) is 0 Å². The number of hydrogen-bond donors (Lipinski definition) is 1. The Hall–Kier alpha value is -4.12. The molecule has 5 nitrogen and oxygen atoms in total. The highest BCUT2D eigenvalue weighted by molar-refractivity contribution is 5.91. The second-order valence-corrected chi connectivity index (χ2v) is 6.92. The van der Waals surface area contributed by atoms with Gasteiger partial charge in [-0.3, -0.25) is 4.79 Å². The van der Waals surface area contributed by atoms with E-state index < -0.39 is 0 Å². The molecule has 0 heterocycles. The number of nitrogens with zero attached hydrogens (tertiary/aromatic N) is 1. The largest absolute Gasteiger partial charge is 0.489 e. The summed E-state index contributed by atoms with van der Waals surface area (Å²) in [6, 6.07) is 31.2. The van der Waals surface area contributed by atoms with E-state index in [-0.39, 0.29) is 12.5 Å². The molecule has 0 aliphatic carbocycles. The van der Waals surface area contributed by atoms with E-state index in [0.29, 0.717) is 6.61 Å². The van der Waals surface area contributed by atoms with Crippen molar-refractivity contribution in [3.05, 3.63) is 108 Å². The normalized spacial score (nSPS) is 10.8. The van der Waals surface area contributed by atoms with Crippen LogP contribution in [0.1, 0.15) is 11.1 Å². The van der Waals surface area contributed by atoms with Crippen LogP contribution in [0, 0.1) is 0 Å². The van der Waals surface area contributed by atoms with Gasteiger partial charge in [0, 0.05) is 5.69 Å². The third-order valence-corrected chi connectivity index (χ3v) is 4.68. The molecule has 0 bridgehead atoms. The Morgan fingerprint density at radius 2 is 1.58 bits per heavy atom. The van der Waals surface area contributed by atoms with Crippen LogP contribution in [0.2, 0.25) is 0 Å². The van der Waals surface area contributed by atoms with Gasteiger partial charge in [0.05, 0.1) is 6.21 Å². The van der Waals surface area contributed by atoms with Gasteiger partial charge in [0.1, 0.15) is 12.4 Å². The van der Waals surface area contributed by atoms with Crippen molar-refractivity contribution in [2.24, 2.45) is 5.16 Å². The number of carbonyl (C=O) groups is 1. The minimum atomic E-state index is -0.263. The topological polar surface area (TPSA) is 59.9 Å². The van der Waals surface area contributed by atoms with Crippen LogP contribution < -0.4 is 10.1 Å². The van der Waals surface area contributed by atoms with Crippen LogP contribution in [-0.2, 0) is 16.2 Å². The number of anilines is 1. The van der Waals surface area contributed by atoms with Gasteiger partial charge in [0.15, 0.2) is 6.61 Å². The summed E-state index contributed by atoms with van der Waals surface area (Å²) in [4.78, 5) is 16.9. The van der Waals surface area contributed by atoms with E-state index in [1.807, 2.05) is 72.8 Å². The second-order valence-electron chi connectivity index (χ2n) is 6.92. The van der Waals surface area contributed by atoms with Crippen molar-refractivity contribution in [1.82, 2.24) is 0 Å². The number of fused-ring (bicyclic) bond motifs is 1. The number of rotatable bonds is 8. The standard InChI is InChI=1S/C26H22N2O3/c29-26(28-23-10-2-1-3-11-23)19-31-27-17-20-13-15-24(16-14-20)30-18-22-9-6-8-21-7-4-5-12-25(21)22/h1-17H,18-19H2,(H,28,29). The molecule has 0 atom stereocenters. The van der Waals surface area contributed by atoms with Crippen LogP contribution in [-0.4, -0.2) is 18.7 Å². The molecule has 4 aromatic rings. The van der Waals surface area contributed by atoms with E-state index in [9.17, 15) is 4.79 Å². The summed E-state index contributed by atoms with van der Waals surface area (Å²) < 4.78 is 5.94. The Bertz CT molecular complexity index is 1170. The lowest BCUT2D eigenvalue weighted by molar-refractivity contribution is -0.120. The SMILES string of the molecule is O=C(CON=Cc1ccc(OCc2cccc3ccccc23)cc1)Nc1ccccc1. The van der Waals surface area contributed by atoms with Crippen LogP contribution in [0.4, 0.5) is 5.69 Å². The quantitative estimate of drug-likeness (QED) is 0.312. The molecule has 0 spiro atoms. The lowest BCUT2D eigenvalue weighted by Gasteiger charge is -2.09. The average Bonchev–Trinajstić information content (AvgIpc) is 2.82. The fraction of sp³-hybridized carbons (Fsp3) is 0.0769. The average molecular weight is 410 g/mol. The predicted molar refractivity (Wildman–Crippen MR) is 123 cm³/mol. The minimum Gasteiger partial charge on any atom is -0.489 e. The molecule has 0 aliphatic heterocycles. The van der Waals surface area contributed by atoms with Gasteiger partial charge in [-0.25, -0.2) is 0 Å². The first-order valence-corrected chi connectivity index (χ1v) is 9.98. The first-order chi connectivity index (χ1) is 15.3. The molecule has 0 unspecified atom stereocenters. The third-order valence-electron chi connectivity index (χ3n) is 4.68. The van der Waals surface area contributed by atoms with E-state index >= 15 is 0 Å². The van der Waals surface area contributed by atoms with Gasteiger partial charge < -0.3 is 14.9 Å². The molecule has 0 saturated carbocycles. The van der Waals surface area contributed by atoms with Crippen molar-refractivity contribution >= 4 is 28.6 Å². The van der Waals surface area contributed by atoms with Gasteiger partial charge in [-0.15, -0.1) is 0 Å². The molecule has 1 N–H and O–H groups in total. The zero-order chi connectivity index (χ0) is 21.3. The van der Waals surface area contributed by atoms with Crippen molar-refractivity contribution in [3.8, 4) is 5.75 Å². The maximum Gasteiger partial charge on any atom is 0.265 e. The van der Waals surface area contributed by atoms with Crippen LogP contribution in [0.25, 0.3) is 10.8 Å². The highest BCUT2D eigenvalue weighted by Gasteiger charge is 2.03. The Morgan fingerprint density at radius 3 is 2.42 bits per heavy atom. The van der Waals surface area contributed by atoms with Crippen LogP contribution in [0.5, 0.6) is 5.75 Å². The molecule has 1 amide bonds. The fourth-order valence-electron chi connectivity index (χ4n) is 3.14. The lowest BCUT2D eigenvalue weighted by Crippen LogP contribution is -2.16. The minimum absolute atomic E-state index is 0.155. The zero-order valence-electron chi connectivity index (χ0n) is 16.9. The van der Waals surface area contributed by atoms with Crippen molar-refractivity contribution in [2.75, 3.05) is 11.9 Å². The van der Waals surface area contributed by atoms with Crippen LogP contribution in [0.15, 0.2) is 102 Å². The molecular weight excluding hydrogens is 388 g/mol. The number of ether oxygens (including phenoxy) is 1. The fourth-order valence-corrected chi connectivity index (χ4v) is 3.14. The summed E-state index contributed by atoms with van der Waals surface area (Å²) in [6.07, 6.45) is 1.56. The lowest BCUT2D eigenvalue weighted by atomic mass is 10.1. The second kappa shape index (κ2) is 10.1. The number of amides is 1. The number of benzene rings is 4. The summed E-state index contributed by atoms with van der Waals surface area (Å²) in [5.41, 5.74) is 2.71. The molecule has 0 fully saturated rings. The molecule has 4 rings (SSSR count). The summed E-state index contributed by atoms with van der Waals surface area (Å²) in [7, 11) is 0. The molecule has 4 aromatic carbocycles. The van der Waals surface area contributed by atoms with Gasteiger partial charge in [0.25, 0.3) is 5.91 Å². The number of oxime groups is 1. The maximum atomic E-state index is 11.8. The van der Waals surface area contributed by atoms with E-state index in [0.717, 1.165) is 22.6 Å². The number of carbonyl (C=O) groups excluding carboxylic acids is 1. The number of hydrogen-bond acceptors (Lipinski definition) is 4. The Kier molecular flexibility index (Phi) is 6.55. The third kappa shape index (κ3) is 5.70. The van der Waals surface area contributed by atoms with Crippen molar-refractivity contribution < 1.29 is 14.4 Å². The zero-order valence-corrected chi connectivity index (χ0v) is 16.9. The predicted octanol–water partition coefficient (Wildman–Crippen LogP) is 5.41. The summed E-state index contributed by atoms with van der Waals surface area (Å²) >= 11 is 0. The molecule has 0 radical (unpaired) electrons. The van der Waals surface area contributed by atoms with E-state index in [2.05, 4.69) is 34.7 Å². The van der Waals surface area contributed by atoms with E-state index in [1.54, 1.807) is 6.21 Å². The number of para-hydroxylation sites is 1. The van der Waals surface area contributed by atoms with Crippen LogP contribution >= 0.6 is 0 Å². The highest BCUT2D eigenvalue weighted by atomic mass is 16.6. The van der Waals surface area contributed by atoms with E-state index in [4.69, 9.17) is 9.57 Å². The Morgan fingerprint density at radius 1 is 0.839 bits per heavy atom. The Balaban J connectivity index is 1.25. The first kappa shape index (κ1) is 20.2. The van der Waals surface area contributed by atoms with Gasteiger partial charge in [-0.05, 0) is 58.3 Å². The van der Waals surface area contributed by atoms with Crippen molar-refractivity contribution in [3.63, 3.8) is 0 Å². The summed E-state index contributed by atoms with van der Waals surface area (Å²) in [5, 5.41) is 8.98. The first-order valence-electron chi connectivity index (χ1n) is 9.98. The highest BCUT2D eigenvalue weighted by Crippen LogP contribution is 2.21.